The number of hydrogen-bond acceptors (Lipinski definition) is 5. The molecule has 29 heavy (non-hydrogen) atoms. The standard InChI is InChI=1S/C21H19N3O3S2/c25-14-13-24(18-10-5-2-6-11-18)29(26,27)20-16-23(17-8-3-1-4-9-17)22-21(20)19-12-7-15-28-19/h1-12,15-16,25H,13-14H2. The Morgan fingerprint density at radius 1 is 0.966 bits per heavy atom. The van der Waals surface area contributed by atoms with Gasteiger partial charge in [0.15, 0.2) is 0 Å². The fourth-order valence-corrected chi connectivity index (χ4v) is 5.41. The van der Waals surface area contributed by atoms with E-state index < -0.39 is 10.0 Å². The highest BCUT2D eigenvalue weighted by Crippen LogP contribution is 2.33. The first kappa shape index (κ1) is 19.4. The molecule has 1 N–H and O–H groups in total. The molecule has 0 spiro atoms. The summed E-state index contributed by atoms with van der Waals surface area (Å²) in [6.45, 7) is -0.345. The van der Waals surface area contributed by atoms with Gasteiger partial charge in [-0.25, -0.2) is 13.1 Å². The molecule has 4 rings (SSSR count). The number of para-hydroxylation sites is 2. The van der Waals surface area contributed by atoms with E-state index in [2.05, 4.69) is 5.10 Å². The Labute approximate surface area is 173 Å². The molecule has 0 aliphatic rings. The molecule has 2 aromatic heterocycles. The first-order chi connectivity index (χ1) is 14.1. The van der Waals surface area contributed by atoms with Gasteiger partial charge in [-0.15, -0.1) is 11.3 Å². The van der Waals surface area contributed by atoms with Crippen LogP contribution in [0.5, 0.6) is 0 Å². The van der Waals surface area contributed by atoms with E-state index in [1.807, 2.05) is 53.9 Å². The van der Waals surface area contributed by atoms with Gasteiger partial charge in [-0.2, -0.15) is 5.10 Å². The number of hydrogen-bond donors (Lipinski definition) is 1. The summed E-state index contributed by atoms with van der Waals surface area (Å²) in [5.74, 6) is 0. The van der Waals surface area contributed by atoms with Crippen molar-refractivity contribution < 1.29 is 13.5 Å². The molecule has 0 unspecified atom stereocenters. The number of aliphatic hydroxyl groups excluding tert-OH is 1. The summed E-state index contributed by atoms with van der Waals surface area (Å²) >= 11 is 1.43. The molecule has 0 amide bonds. The molecule has 148 valence electrons. The molecule has 0 saturated carbocycles. The van der Waals surface area contributed by atoms with Crippen molar-refractivity contribution in [1.29, 1.82) is 0 Å². The van der Waals surface area contributed by atoms with Crippen LogP contribution in [0.25, 0.3) is 16.3 Å². The zero-order valence-electron chi connectivity index (χ0n) is 15.4. The summed E-state index contributed by atoms with van der Waals surface area (Å²) < 4.78 is 30.1. The lowest BCUT2D eigenvalue weighted by Gasteiger charge is -2.23. The Bertz CT molecular complexity index is 1170. The van der Waals surface area contributed by atoms with Gasteiger partial charge in [0.2, 0.25) is 0 Å². The van der Waals surface area contributed by atoms with Crippen molar-refractivity contribution in [2.24, 2.45) is 0 Å². The molecule has 8 heteroatoms. The smallest absolute Gasteiger partial charge is 0.268 e. The van der Waals surface area contributed by atoms with Crippen LogP contribution in [0, 0.1) is 0 Å². The van der Waals surface area contributed by atoms with E-state index in [1.54, 1.807) is 28.9 Å². The Morgan fingerprint density at radius 3 is 2.28 bits per heavy atom. The Kier molecular flexibility index (Phi) is 5.48. The minimum Gasteiger partial charge on any atom is -0.394 e. The topological polar surface area (TPSA) is 75.4 Å². The van der Waals surface area contributed by atoms with Gasteiger partial charge in [-0.1, -0.05) is 42.5 Å². The zero-order chi connectivity index (χ0) is 20.3. The highest BCUT2D eigenvalue weighted by atomic mass is 32.2. The van der Waals surface area contributed by atoms with E-state index in [0.717, 1.165) is 10.6 Å². The van der Waals surface area contributed by atoms with Crippen LogP contribution < -0.4 is 4.31 Å². The number of aromatic nitrogens is 2. The second-order valence-corrected chi connectivity index (χ2v) is 9.01. The maximum Gasteiger partial charge on any atom is 0.268 e. The number of rotatable bonds is 7. The summed E-state index contributed by atoms with van der Waals surface area (Å²) in [5.41, 5.74) is 1.65. The van der Waals surface area contributed by atoms with Crippen LogP contribution in [-0.4, -0.2) is 36.5 Å². The fraction of sp³-hybridized carbons (Fsp3) is 0.0952. The Hall–Kier alpha value is -2.94. The van der Waals surface area contributed by atoms with Crippen molar-refractivity contribution in [3.8, 4) is 16.3 Å². The number of aliphatic hydroxyl groups is 1. The van der Waals surface area contributed by atoms with Crippen molar-refractivity contribution in [2.75, 3.05) is 17.5 Å². The largest absolute Gasteiger partial charge is 0.394 e. The van der Waals surface area contributed by atoms with E-state index in [9.17, 15) is 13.5 Å². The molecule has 2 heterocycles. The van der Waals surface area contributed by atoms with Gasteiger partial charge >= 0.3 is 0 Å². The van der Waals surface area contributed by atoms with Gasteiger partial charge in [0, 0.05) is 0 Å². The number of thiophene rings is 1. The predicted octanol–water partition coefficient (Wildman–Crippen LogP) is 3.79. The Morgan fingerprint density at radius 2 is 1.66 bits per heavy atom. The third-order valence-electron chi connectivity index (χ3n) is 4.37. The second-order valence-electron chi connectivity index (χ2n) is 6.24. The molecule has 0 radical (unpaired) electrons. The minimum atomic E-state index is -3.96. The maximum absolute atomic E-state index is 13.6. The molecule has 0 saturated heterocycles. The molecule has 0 bridgehead atoms. The van der Waals surface area contributed by atoms with Crippen LogP contribution in [0.1, 0.15) is 0 Å². The van der Waals surface area contributed by atoms with Crippen molar-refractivity contribution in [3.05, 3.63) is 84.4 Å². The molecule has 4 aromatic rings. The molecule has 0 aliphatic heterocycles. The van der Waals surface area contributed by atoms with Gasteiger partial charge in [0.05, 0.1) is 35.6 Å². The molecule has 0 fully saturated rings. The molecule has 2 aromatic carbocycles. The highest BCUT2D eigenvalue weighted by molar-refractivity contribution is 7.93. The van der Waals surface area contributed by atoms with E-state index in [1.165, 1.54) is 21.8 Å². The Balaban J connectivity index is 1.89. The molecule has 0 aliphatic carbocycles. The summed E-state index contributed by atoms with van der Waals surface area (Å²) in [5, 5.41) is 16.0. The normalized spacial score (nSPS) is 11.5. The first-order valence-electron chi connectivity index (χ1n) is 8.99. The van der Waals surface area contributed by atoms with Gasteiger partial charge < -0.3 is 5.11 Å². The van der Waals surface area contributed by atoms with Crippen molar-refractivity contribution >= 4 is 27.0 Å². The van der Waals surface area contributed by atoms with Crippen molar-refractivity contribution in [1.82, 2.24) is 9.78 Å². The third kappa shape index (κ3) is 3.82. The summed E-state index contributed by atoms with van der Waals surface area (Å²) in [7, 11) is -3.96. The summed E-state index contributed by atoms with van der Waals surface area (Å²) in [4.78, 5) is 0.858. The average molecular weight is 426 g/mol. The van der Waals surface area contributed by atoms with Crippen LogP contribution in [0.2, 0.25) is 0 Å². The van der Waals surface area contributed by atoms with Gasteiger partial charge in [0.1, 0.15) is 10.6 Å². The highest BCUT2D eigenvalue weighted by Gasteiger charge is 2.31. The van der Waals surface area contributed by atoms with E-state index in [-0.39, 0.29) is 18.0 Å². The molecular formula is C21H19N3O3S2. The number of anilines is 1. The van der Waals surface area contributed by atoms with Gasteiger partial charge in [-0.05, 0) is 35.7 Å². The van der Waals surface area contributed by atoms with Crippen LogP contribution in [0.15, 0.2) is 89.3 Å². The fourth-order valence-electron chi connectivity index (χ4n) is 3.04. The maximum atomic E-state index is 13.6. The van der Waals surface area contributed by atoms with E-state index in [4.69, 9.17) is 0 Å². The molecular weight excluding hydrogens is 406 g/mol. The molecule has 6 nitrogen and oxygen atoms in total. The lowest BCUT2D eigenvalue weighted by Crippen LogP contribution is -2.33. The van der Waals surface area contributed by atoms with Crippen LogP contribution in [-0.2, 0) is 10.0 Å². The SMILES string of the molecule is O=S(=O)(c1cn(-c2ccccc2)nc1-c1cccs1)N(CCO)c1ccccc1. The lowest BCUT2D eigenvalue weighted by molar-refractivity contribution is 0.306. The van der Waals surface area contributed by atoms with Gasteiger partial charge in [0.25, 0.3) is 10.0 Å². The number of sulfonamides is 1. The summed E-state index contributed by atoms with van der Waals surface area (Å²) in [6.07, 6.45) is 1.53. The van der Waals surface area contributed by atoms with E-state index in [0.29, 0.717) is 11.4 Å². The second kappa shape index (κ2) is 8.20. The third-order valence-corrected chi connectivity index (χ3v) is 7.08. The molecule has 0 atom stereocenters. The minimum absolute atomic E-state index is 0.0489. The monoisotopic (exact) mass is 425 g/mol. The van der Waals surface area contributed by atoms with Crippen LogP contribution >= 0.6 is 11.3 Å². The number of benzene rings is 2. The average Bonchev–Trinajstić information content (AvgIpc) is 3.43. The van der Waals surface area contributed by atoms with Crippen LogP contribution in [0.3, 0.4) is 0 Å². The quantitative estimate of drug-likeness (QED) is 0.489. The summed E-state index contributed by atoms with van der Waals surface area (Å²) in [6, 6.07) is 21.8. The first-order valence-corrected chi connectivity index (χ1v) is 11.3. The van der Waals surface area contributed by atoms with Crippen molar-refractivity contribution in [3.63, 3.8) is 0 Å². The van der Waals surface area contributed by atoms with Gasteiger partial charge in [-0.3, -0.25) is 4.31 Å². The zero-order valence-corrected chi connectivity index (χ0v) is 17.1. The lowest BCUT2D eigenvalue weighted by atomic mass is 10.3. The van der Waals surface area contributed by atoms with E-state index >= 15 is 0 Å². The van der Waals surface area contributed by atoms with Crippen LogP contribution in [0.4, 0.5) is 5.69 Å². The van der Waals surface area contributed by atoms with Crippen molar-refractivity contribution in [2.45, 2.75) is 4.90 Å². The number of nitrogens with zero attached hydrogens (tertiary/aromatic N) is 3. The predicted molar refractivity (Wildman–Crippen MR) is 115 cm³/mol.